The summed E-state index contributed by atoms with van der Waals surface area (Å²) in [6.45, 7) is 6.27. The smallest absolute Gasteiger partial charge is 0.241 e. The van der Waals surface area contributed by atoms with Gasteiger partial charge in [0.15, 0.2) is 0 Å². The molecule has 25 heavy (non-hydrogen) atoms. The number of carbonyl (C=O) groups excluding carboxylic acids is 1. The highest BCUT2D eigenvalue weighted by atomic mass is 16.2. The van der Waals surface area contributed by atoms with Crippen molar-refractivity contribution in [2.45, 2.75) is 38.1 Å². The van der Waals surface area contributed by atoms with E-state index in [0.717, 1.165) is 49.6 Å². The third-order valence-corrected chi connectivity index (χ3v) is 6.89. The Morgan fingerprint density at radius 2 is 2.00 bits per heavy atom. The van der Waals surface area contributed by atoms with Gasteiger partial charge < -0.3 is 4.90 Å². The maximum atomic E-state index is 13.0. The van der Waals surface area contributed by atoms with E-state index >= 15 is 0 Å². The van der Waals surface area contributed by atoms with Gasteiger partial charge in [-0.2, -0.15) is 0 Å². The van der Waals surface area contributed by atoms with Gasteiger partial charge in [0.05, 0.1) is 6.54 Å². The number of anilines is 1. The third-order valence-electron chi connectivity index (χ3n) is 6.89. The van der Waals surface area contributed by atoms with Gasteiger partial charge in [-0.25, -0.2) is 0 Å². The van der Waals surface area contributed by atoms with Crippen molar-refractivity contribution in [2.24, 2.45) is 11.8 Å². The summed E-state index contributed by atoms with van der Waals surface area (Å²) in [6, 6.07) is 9.17. The standard InChI is InChI=1S/C21H29N3O/c25-21(24-10-8-17-5-1-2-7-20(17)24)15-22-12-16-11-18(14-22)19-6-3-4-9-23(19)13-16/h1-2,5,7,16,18-19H,3-4,6,8-15H2/t16-,18+,19-/m0/s1. The quantitative estimate of drug-likeness (QED) is 0.828. The van der Waals surface area contributed by atoms with Crippen LogP contribution in [0.4, 0.5) is 5.69 Å². The maximum absolute atomic E-state index is 13.0. The molecule has 4 aliphatic rings. The average molecular weight is 339 g/mol. The van der Waals surface area contributed by atoms with Gasteiger partial charge in [0.1, 0.15) is 0 Å². The Balaban J connectivity index is 1.26. The first-order chi connectivity index (χ1) is 12.3. The molecule has 0 saturated carbocycles. The monoisotopic (exact) mass is 339 g/mol. The predicted molar refractivity (Wildman–Crippen MR) is 99.7 cm³/mol. The van der Waals surface area contributed by atoms with Crippen molar-refractivity contribution in [2.75, 3.05) is 44.2 Å². The summed E-state index contributed by atoms with van der Waals surface area (Å²) >= 11 is 0. The number of hydrogen-bond donors (Lipinski definition) is 0. The van der Waals surface area contributed by atoms with Crippen LogP contribution in [0.25, 0.3) is 0 Å². The normalized spacial score (nSPS) is 32.3. The number of fused-ring (bicyclic) bond motifs is 5. The lowest BCUT2D eigenvalue weighted by Crippen LogP contribution is -2.59. The molecule has 1 aromatic carbocycles. The molecule has 0 radical (unpaired) electrons. The molecule has 3 atom stereocenters. The largest absolute Gasteiger partial charge is 0.311 e. The molecule has 4 heterocycles. The van der Waals surface area contributed by atoms with Gasteiger partial charge in [-0.05, 0) is 55.7 Å². The van der Waals surface area contributed by atoms with Crippen molar-refractivity contribution in [1.29, 1.82) is 0 Å². The van der Waals surface area contributed by atoms with Crippen LogP contribution in [0.15, 0.2) is 24.3 Å². The molecule has 1 amide bonds. The van der Waals surface area contributed by atoms with Gasteiger partial charge in [-0.1, -0.05) is 24.6 Å². The highest BCUT2D eigenvalue weighted by Gasteiger charge is 2.42. The lowest BCUT2D eigenvalue weighted by Gasteiger charge is -2.52. The second kappa shape index (κ2) is 6.40. The molecule has 0 unspecified atom stereocenters. The number of para-hydroxylation sites is 1. The van der Waals surface area contributed by atoms with Gasteiger partial charge in [-0.15, -0.1) is 0 Å². The van der Waals surface area contributed by atoms with Gasteiger partial charge in [0, 0.05) is 37.9 Å². The molecule has 4 aliphatic heterocycles. The molecule has 134 valence electrons. The number of rotatable bonds is 2. The van der Waals surface area contributed by atoms with Crippen LogP contribution in [0.2, 0.25) is 0 Å². The first-order valence-corrected chi connectivity index (χ1v) is 10.1. The van der Waals surface area contributed by atoms with E-state index in [1.165, 1.54) is 44.3 Å². The van der Waals surface area contributed by atoms with Crippen molar-refractivity contribution >= 4 is 11.6 Å². The maximum Gasteiger partial charge on any atom is 0.241 e. The van der Waals surface area contributed by atoms with E-state index in [1.54, 1.807) is 0 Å². The Labute approximate surface area is 150 Å². The van der Waals surface area contributed by atoms with Crippen molar-refractivity contribution in [1.82, 2.24) is 9.80 Å². The number of amides is 1. The van der Waals surface area contributed by atoms with E-state index in [0.29, 0.717) is 12.5 Å². The van der Waals surface area contributed by atoms with Crippen LogP contribution in [0.3, 0.4) is 0 Å². The van der Waals surface area contributed by atoms with E-state index in [9.17, 15) is 4.79 Å². The van der Waals surface area contributed by atoms with E-state index in [-0.39, 0.29) is 0 Å². The molecular weight excluding hydrogens is 310 g/mol. The number of benzene rings is 1. The predicted octanol–water partition coefficient (Wildman–Crippen LogP) is 2.38. The summed E-state index contributed by atoms with van der Waals surface area (Å²) in [5.41, 5.74) is 2.47. The third kappa shape index (κ3) is 2.89. The van der Waals surface area contributed by atoms with Crippen molar-refractivity contribution < 1.29 is 4.79 Å². The zero-order valence-corrected chi connectivity index (χ0v) is 15.1. The Bertz CT molecular complexity index is 660. The van der Waals surface area contributed by atoms with Gasteiger partial charge in [-0.3, -0.25) is 14.6 Å². The summed E-state index contributed by atoms with van der Waals surface area (Å²) in [4.78, 5) is 20.2. The molecule has 0 N–H and O–H groups in total. The average Bonchev–Trinajstić information content (AvgIpc) is 3.06. The first kappa shape index (κ1) is 15.8. The van der Waals surface area contributed by atoms with Gasteiger partial charge in [0.25, 0.3) is 0 Å². The fourth-order valence-corrected chi connectivity index (χ4v) is 5.87. The minimum absolute atomic E-state index is 0.297. The van der Waals surface area contributed by atoms with E-state index in [4.69, 9.17) is 0 Å². The molecule has 4 heteroatoms. The summed E-state index contributed by atoms with van der Waals surface area (Å²) in [5, 5.41) is 0. The van der Waals surface area contributed by atoms with Crippen LogP contribution in [-0.4, -0.2) is 61.0 Å². The Morgan fingerprint density at radius 1 is 1.08 bits per heavy atom. The Kier molecular flexibility index (Phi) is 4.05. The molecule has 0 aliphatic carbocycles. The fraction of sp³-hybridized carbons (Fsp3) is 0.667. The molecule has 3 saturated heterocycles. The van der Waals surface area contributed by atoms with Crippen molar-refractivity contribution in [3.05, 3.63) is 29.8 Å². The second-order valence-electron chi connectivity index (χ2n) is 8.54. The number of carbonyl (C=O) groups is 1. The first-order valence-electron chi connectivity index (χ1n) is 10.1. The van der Waals surface area contributed by atoms with E-state index in [2.05, 4.69) is 28.0 Å². The Hall–Kier alpha value is -1.39. The van der Waals surface area contributed by atoms with Crippen LogP contribution in [0, 0.1) is 11.8 Å². The van der Waals surface area contributed by atoms with Crippen LogP contribution in [0.5, 0.6) is 0 Å². The highest BCUT2D eigenvalue weighted by Crippen LogP contribution is 2.37. The van der Waals surface area contributed by atoms with Gasteiger partial charge >= 0.3 is 0 Å². The molecule has 3 fully saturated rings. The highest BCUT2D eigenvalue weighted by molar-refractivity contribution is 5.96. The summed E-state index contributed by atoms with van der Waals surface area (Å²) in [6.07, 6.45) is 6.54. The molecule has 2 bridgehead atoms. The fourth-order valence-electron chi connectivity index (χ4n) is 5.87. The van der Waals surface area contributed by atoms with Crippen LogP contribution < -0.4 is 4.90 Å². The van der Waals surface area contributed by atoms with E-state index in [1.807, 2.05) is 11.0 Å². The lowest BCUT2D eigenvalue weighted by atomic mass is 9.76. The van der Waals surface area contributed by atoms with E-state index < -0.39 is 0 Å². The molecular formula is C21H29N3O. The number of likely N-dealkylation sites (tertiary alicyclic amines) is 1. The van der Waals surface area contributed by atoms with Crippen LogP contribution in [0.1, 0.15) is 31.2 Å². The SMILES string of the molecule is O=C(CN1C[C@@H]2C[C@H](C1)[C@@H]1CCCCN1C2)N1CCc2ccccc21. The Morgan fingerprint density at radius 3 is 2.96 bits per heavy atom. The molecule has 0 aromatic heterocycles. The molecule has 4 nitrogen and oxygen atoms in total. The van der Waals surface area contributed by atoms with Gasteiger partial charge in [0.2, 0.25) is 5.91 Å². The summed E-state index contributed by atoms with van der Waals surface area (Å²) in [7, 11) is 0. The summed E-state index contributed by atoms with van der Waals surface area (Å²) < 4.78 is 0. The minimum atomic E-state index is 0.297. The number of piperidine rings is 3. The topological polar surface area (TPSA) is 26.8 Å². The van der Waals surface area contributed by atoms with Crippen molar-refractivity contribution in [3.8, 4) is 0 Å². The minimum Gasteiger partial charge on any atom is -0.311 e. The number of hydrogen-bond acceptors (Lipinski definition) is 3. The molecule has 5 rings (SSSR count). The van der Waals surface area contributed by atoms with Crippen molar-refractivity contribution in [3.63, 3.8) is 0 Å². The molecule has 1 aromatic rings. The zero-order valence-electron chi connectivity index (χ0n) is 15.1. The lowest BCUT2D eigenvalue weighted by molar-refractivity contribution is -0.121. The zero-order chi connectivity index (χ0) is 16.8. The van der Waals surface area contributed by atoms with Crippen LogP contribution >= 0.6 is 0 Å². The number of nitrogens with zero attached hydrogens (tertiary/aromatic N) is 3. The second-order valence-corrected chi connectivity index (χ2v) is 8.54. The molecule has 0 spiro atoms. The summed E-state index contributed by atoms with van der Waals surface area (Å²) in [5.74, 6) is 1.85. The van der Waals surface area contributed by atoms with Crippen LogP contribution in [-0.2, 0) is 11.2 Å².